The van der Waals surface area contributed by atoms with Gasteiger partial charge in [-0.2, -0.15) is 0 Å². The summed E-state index contributed by atoms with van der Waals surface area (Å²) in [5.74, 6) is 0. The average Bonchev–Trinajstić information content (AvgIpc) is 2.18. The van der Waals surface area contributed by atoms with Crippen molar-refractivity contribution in [3.05, 3.63) is 12.7 Å². The zero-order valence-corrected chi connectivity index (χ0v) is 12.9. The number of nitrogens with zero attached hydrogens (tertiary/aromatic N) is 1. The van der Waals surface area contributed by atoms with Gasteiger partial charge in [0.05, 0.1) is 8.07 Å². The predicted molar refractivity (Wildman–Crippen MR) is 78.9 cm³/mol. The molecule has 0 saturated heterocycles. The summed E-state index contributed by atoms with van der Waals surface area (Å²) in [6.45, 7) is 17.2. The van der Waals surface area contributed by atoms with Crippen molar-refractivity contribution in [3.8, 4) is 0 Å². The molecule has 16 heavy (non-hydrogen) atoms. The highest BCUT2D eigenvalue weighted by molar-refractivity contribution is 6.77. The molecule has 0 unspecified atom stereocenters. The molecule has 96 valence electrons. The van der Waals surface area contributed by atoms with E-state index < -0.39 is 8.07 Å². The Morgan fingerprint density at radius 1 is 1.06 bits per heavy atom. The summed E-state index contributed by atoms with van der Waals surface area (Å²) in [4.78, 5) is 2.62. The van der Waals surface area contributed by atoms with Gasteiger partial charge in [-0.05, 0) is 44.9 Å². The van der Waals surface area contributed by atoms with Crippen LogP contribution in [-0.2, 0) is 0 Å². The third kappa shape index (κ3) is 8.11. The summed E-state index contributed by atoms with van der Waals surface area (Å²) >= 11 is 0. The van der Waals surface area contributed by atoms with E-state index >= 15 is 0 Å². The molecular weight excluding hydrogens is 210 g/mol. The lowest BCUT2D eigenvalue weighted by Crippen LogP contribution is -2.30. The zero-order chi connectivity index (χ0) is 12.4. The van der Waals surface area contributed by atoms with Crippen LogP contribution in [-0.4, -0.2) is 32.6 Å². The van der Waals surface area contributed by atoms with Gasteiger partial charge in [0.1, 0.15) is 0 Å². The first-order valence-electron chi connectivity index (χ1n) is 6.89. The standard InChI is InChI=1S/C14H31NSi/c1-6-10-15(11-7-2)12-9-14-16(4,5)13-8-3/h8H,3,6-7,9-14H2,1-2,4-5H3. The van der Waals surface area contributed by atoms with Crippen molar-refractivity contribution in [2.75, 3.05) is 19.6 Å². The Morgan fingerprint density at radius 2 is 1.62 bits per heavy atom. The van der Waals surface area contributed by atoms with Crippen molar-refractivity contribution < 1.29 is 0 Å². The average molecular weight is 241 g/mol. The van der Waals surface area contributed by atoms with E-state index in [2.05, 4.69) is 44.5 Å². The summed E-state index contributed by atoms with van der Waals surface area (Å²) in [6.07, 6.45) is 6.07. The van der Waals surface area contributed by atoms with Crippen LogP contribution in [0.4, 0.5) is 0 Å². The lowest BCUT2D eigenvalue weighted by Gasteiger charge is -2.24. The van der Waals surface area contributed by atoms with Crippen molar-refractivity contribution in [1.29, 1.82) is 0 Å². The van der Waals surface area contributed by atoms with E-state index in [1.807, 2.05) is 0 Å². The molecule has 1 nitrogen and oxygen atoms in total. The molecule has 0 N–H and O–H groups in total. The molecule has 2 heteroatoms. The van der Waals surface area contributed by atoms with Gasteiger partial charge in [-0.15, -0.1) is 6.58 Å². The topological polar surface area (TPSA) is 3.24 Å². The fourth-order valence-electron chi connectivity index (χ4n) is 2.24. The van der Waals surface area contributed by atoms with Crippen molar-refractivity contribution >= 4 is 8.07 Å². The van der Waals surface area contributed by atoms with Crippen molar-refractivity contribution in [2.24, 2.45) is 0 Å². The van der Waals surface area contributed by atoms with E-state index in [9.17, 15) is 0 Å². The molecule has 0 rings (SSSR count). The van der Waals surface area contributed by atoms with Gasteiger partial charge in [-0.1, -0.05) is 39.1 Å². The van der Waals surface area contributed by atoms with Gasteiger partial charge in [0.2, 0.25) is 0 Å². The smallest absolute Gasteiger partial charge is 0.0511 e. The highest BCUT2D eigenvalue weighted by Crippen LogP contribution is 2.18. The van der Waals surface area contributed by atoms with E-state index in [1.165, 1.54) is 51.0 Å². The second-order valence-electron chi connectivity index (χ2n) is 5.60. The van der Waals surface area contributed by atoms with Gasteiger partial charge >= 0.3 is 0 Å². The van der Waals surface area contributed by atoms with Gasteiger partial charge < -0.3 is 4.90 Å². The number of hydrogen-bond acceptors (Lipinski definition) is 1. The predicted octanol–water partition coefficient (Wildman–Crippen LogP) is 4.39. The van der Waals surface area contributed by atoms with Crippen molar-refractivity contribution in [3.63, 3.8) is 0 Å². The quantitative estimate of drug-likeness (QED) is 0.405. The fourth-order valence-corrected chi connectivity index (χ4v) is 4.34. The minimum atomic E-state index is -0.961. The molecule has 0 amide bonds. The second kappa shape index (κ2) is 9.00. The second-order valence-corrected chi connectivity index (χ2v) is 10.8. The minimum absolute atomic E-state index is 0.961. The van der Waals surface area contributed by atoms with E-state index in [-0.39, 0.29) is 0 Å². The maximum atomic E-state index is 3.87. The van der Waals surface area contributed by atoms with Crippen LogP contribution >= 0.6 is 0 Å². The van der Waals surface area contributed by atoms with Crippen molar-refractivity contribution in [1.82, 2.24) is 4.90 Å². The Balaban J connectivity index is 3.79. The largest absolute Gasteiger partial charge is 0.303 e. The first-order valence-corrected chi connectivity index (χ1v) is 10.3. The Morgan fingerprint density at radius 3 is 2.06 bits per heavy atom. The maximum absolute atomic E-state index is 3.87. The van der Waals surface area contributed by atoms with Crippen LogP contribution in [0.1, 0.15) is 33.1 Å². The SMILES string of the molecule is C=CC[Si](C)(C)CCCN(CCC)CCC. The van der Waals surface area contributed by atoms with Gasteiger partial charge in [0.15, 0.2) is 0 Å². The fraction of sp³-hybridized carbons (Fsp3) is 0.857. The van der Waals surface area contributed by atoms with Crippen LogP contribution in [0.3, 0.4) is 0 Å². The molecule has 0 saturated carbocycles. The molecule has 0 aliphatic heterocycles. The van der Waals surface area contributed by atoms with Crippen LogP contribution in [0.2, 0.25) is 25.2 Å². The lowest BCUT2D eigenvalue weighted by molar-refractivity contribution is 0.275. The van der Waals surface area contributed by atoms with E-state index in [0.29, 0.717) is 0 Å². The van der Waals surface area contributed by atoms with Crippen LogP contribution < -0.4 is 0 Å². The Labute approximate surface area is 104 Å². The maximum Gasteiger partial charge on any atom is 0.0511 e. The van der Waals surface area contributed by atoms with Crippen LogP contribution in [0.25, 0.3) is 0 Å². The lowest BCUT2D eigenvalue weighted by atomic mass is 10.3. The summed E-state index contributed by atoms with van der Waals surface area (Å²) < 4.78 is 0. The van der Waals surface area contributed by atoms with Gasteiger partial charge in [-0.3, -0.25) is 0 Å². The van der Waals surface area contributed by atoms with E-state index in [4.69, 9.17) is 0 Å². The van der Waals surface area contributed by atoms with E-state index in [1.54, 1.807) is 0 Å². The summed E-state index contributed by atoms with van der Waals surface area (Å²) in [5.41, 5.74) is 0. The molecule has 0 aromatic rings. The monoisotopic (exact) mass is 241 g/mol. The first kappa shape index (κ1) is 15.9. The Bertz CT molecular complexity index is 172. The first-order chi connectivity index (χ1) is 7.55. The molecule has 0 spiro atoms. The van der Waals surface area contributed by atoms with Crippen LogP contribution in [0.5, 0.6) is 0 Å². The number of hydrogen-bond donors (Lipinski definition) is 0. The molecule has 0 aliphatic carbocycles. The normalized spacial score (nSPS) is 12.1. The molecular formula is C14H31NSi. The van der Waals surface area contributed by atoms with E-state index in [0.717, 1.165) is 0 Å². The van der Waals surface area contributed by atoms with Crippen LogP contribution in [0.15, 0.2) is 12.7 Å². The number of rotatable bonds is 10. The molecule has 0 radical (unpaired) electrons. The number of allylic oxidation sites excluding steroid dienone is 1. The van der Waals surface area contributed by atoms with Gasteiger partial charge in [0.25, 0.3) is 0 Å². The van der Waals surface area contributed by atoms with Crippen LogP contribution in [0, 0.1) is 0 Å². The van der Waals surface area contributed by atoms with Gasteiger partial charge in [-0.25, -0.2) is 0 Å². The molecule has 0 aliphatic rings. The summed E-state index contributed by atoms with van der Waals surface area (Å²) in [5, 5.41) is 0. The van der Waals surface area contributed by atoms with Crippen molar-refractivity contribution in [2.45, 2.75) is 58.3 Å². The summed E-state index contributed by atoms with van der Waals surface area (Å²) in [6, 6.07) is 2.72. The Hall–Kier alpha value is -0.0831. The highest BCUT2D eigenvalue weighted by Gasteiger charge is 2.18. The van der Waals surface area contributed by atoms with Gasteiger partial charge in [0, 0.05) is 0 Å². The third-order valence-electron chi connectivity index (χ3n) is 3.10. The third-order valence-corrected chi connectivity index (χ3v) is 6.21. The molecule has 0 atom stereocenters. The highest BCUT2D eigenvalue weighted by atomic mass is 28.3. The molecule has 0 bridgehead atoms. The molecule has 0 aromatic carbocycles. The zero-order valence-electron chi connectivity index (χ0n) is 11.9. The minimum Gasteiger partial charge on any atom is -0.303 e. The molecule has 0 aromatic heterocycles. The molecule has 0 heterocycles. The molecule has 0 fully saturated rings. The summed E-state index contributed by atoms with van der Waals surface area (Å²) in [7, 11) is -0.961. The Kier molecular flexibility index (Phi) is 8.95.